The number of benzene rings is 1. The summed E-state index contributed by atoms with van der Waals surface area (Å²) in [5.74, 6) is -2.08. The summed E-state index contributed by atoms with van der Waals surface area (Å²) in [6, 6.07) is 2.44. The summed E-state index contributed by atoms with van der Waals surface area (Å²) >= 11 is 4.58. The van der Waals surface area contributed by atoms with E-state index in [-0.39, 0.29) is 12.4 Å². The summed E-state index contributed by atoms with van der Waals surface area (Å²) in [4.78, 5) is 5.12. The second kappa shape index (κ2) is 4.90. The van der Waals surface area contributed by atoms with E-state index in [9.17, 15) is 8.78 Å². The second-order valence-corrected chi connectivity index (χ2v) is 5.60. The number of aromatic nitrogens is 2. The predicted molar refractivity (Wildman–Crippen MR) is 71.5 cm³/mol. The Balaban J connectivity index is 1.80. The first kappa shape index (κ1) is 12.6. The molecule has 0 aliphatic rings. The molecule has 3 rings (SSSR count). The molecule has 0 saturated carbocycles. The van der Waals surface area contributed by atoms with E-state index >= 15 is 0 Å². The number of nitrogens with zero attached hydrogens (tertiary/aromatic N) is 2. The standard InChI is InChI=1S/C12H7BrF2N2OS/c13-7-3-9(14)11(15)10(4-7)18-6-8-5-17-1-2-19-12(17)16-8/h1-5H,6H2. The van der Waals surface area contributed by atoms with Crippen LogP contribution in [0.5, 0.6) is 5.75 Å². The van der Waals surface area contributed by atoms with Crippen molar-refractivity contribution in [2.24, 2.45) is 0 Å². The number of fused-ring (bicyclic) bond motifs is 1. The number of imidazole rings is 1. The van der Waals surface area contributed by atoms with Crippen LogP contribution in [-0.2, 0) is 6.61 Å². The third-order valence-corrected chi connectivity index (χ3v) is 3.71. The summed E-state index contributed by atoms with van der Waals surface area (Å²) < 4.78 is 34.2. The zero-order valence-corrected chi connectivity index (χ0v) is 11.8. The number of ether oxygens (including phenoxy) is 1. The summed E-state index contributed by atoms with van der Waals surface area (Å²) in [6.07, 6.45) is 3.66. The highest BCUT2D eigenvalue weighted by molar-refractivity contribution is 9.10. The molecule has 0 spiro atoms. The lowest BCUT2D eigenvalue weighted by Gasteiger charge is -2.06. The SMILES string of the molecule is Fc1cc(Br)cc(OCc2cn3ccsc3n2)c1F. The first-order valence-electron chi connectivity index (χ1n) is 5.32. The van der Waals surface area contributed by atoms with Gasteiger partial charge in [-0.15, -0.1) is 11.3 Å². The van der Waals surface area contributed by atoms with Gasteiger partial charge in [0.25, 0.3) is 0 Å². The minimum absolute atomic E-state index is 0.0845. The number of hydrogen-bond acceptors (Lipinski definition) is 3. The van der Waals surface area contributed by atoms with Crippen molar-refractivity contribution in [3.63, 3.8) is 0 Å². The Labute approximate surface area is 119 Å². The van der Waals surface area contributed by atoms with E-state index in [0.717, 1.165) is 11.0 Å². The van der Waals surface area contributed by atoms with E-state index in [1.165, 1.54) is 17.4 Å². The Morgan fingerprint density at radius 2 is 2.21 bits per heavy atom. The molecule has 3 aromatic rings. The molecule has 2 heterocycles. The molecule has 0 saturated heterocycles. The van der Waals surface area contributed by atoms with Crippen LogP contribution in [0.2, 0.25) is 0 Å². The van der Waals surface area contributed by atoms with Crippen molar-refractivity contribution >= 4 is 32.2 Å². The fourth-order valence-electron chi connectivity index (χ4n) is 1.63. The molecule has 0 radical (unpaired) electrons. The van der Waals surface area contributed by atoms with Gasteiger partial charge in [-0.1, -0.05) is 15.9 Å². The van der Waals surface area contributed by atoms with Crippen LogP contribution < -0.4 is 4.74 Å². The topological polar surface area (TPSA) is 26.5 Å². The van der Waals surface area contributed by atoms with Gasteiger partial charge in [0.1, 0.15) is 6.61 Å². The molecule has 98 valence electrons. The summed E-state index contributed by atoms with van der Waals surface area (Å²) in [5.41, 5.74) is 0.659. The normalized spacial score (nSPS) is 11.1. The van der Waals surface area contributed by atoms with Crippen molar-refractivity contribution in [2.75, 3.05) is 0 Å². The van der Waals surface area contributed by atoms with E-state index < -0.39 is 11.6 Å². The lowest BCUT2D eigenvalue weighted by Crippen LogP contribution is -1.99. The monoisotopic (exact) mass is 344 g/mol. The molecule has 0 fully saturated rings. The third kappa shape index (κ3) is 2.48. The largest absolute Gasteiger partial charge is 0.484 e. The van der Waals surface area contributed by atoms with Crippen LogP contribution >= 0.6 is 27.3 Å². The van der Waals surface area contributed by atoms with Gasteiger partial charge in [0.05, 0.1) is 5.69 Å². The minimum atomic E-state index is -0.996. The van der Waals surface area contributed by atoms with E-state index in [4.69, 9.17) is 4.74 Å². The first-order valence-corrected chi connectivity index (χ1v) is 6.99. The third-order valence-electron chi connectivity index (χ3n) is 2.48. The number of thiazole rings is 1. The van der Waals surface area contributed by atoms with Gasteiger partial charge < -0.3 is 4.74 Å². The Morgan fingerprint density at radius 3 is 3.00 bits per heavy atom. The maximum Gasteiger partial charge on any atom is 0.200 e. The van der Waals surface area contributed by atoms with Crippen molar-refractivity contribution in [1.82, 2.24) is 9.38 Å². The highest BCUT2D eigenvalue weighted by atomic mass is 79.9. The van der Waals surface area contributed by atoms with Gasteiger partial charge in [-0.25, -0.2) is 9.37 Å². The average Bonchev–Trinajstić information content (AvgIpc) is 2.92. The molecule has 0 bridgehead atoms. The van der Waals surface area contributed by atoms with Crippen LogP contribution in [0.1, 0.15) is 5.69 Å². The second-order valence-electron chi connectivity index (χ2n) is 3.81. The molecular weight excluding hydrogens is 338 g/mol. The number of hydrogen-bond donors (Lipinski definition) is 0. The minimum Gasteiger partial charge on any atom is -0.484 e. The molecule has 0 aliphatic heterocycles. The predicted octanol–water partition coefficient (Wildman–Crippen LogP) is 4.02. The van der Waals surface area contributed by atoms with Gasteiger partial charge in [-0.2, -0.15) is 4.39 Å². The molecule has 7 heteroatoms. The smallest absolute Gasteiger partial charge is 0.200 e. The number of halogens is 3. The van der Waals surface area contributed by atoms with Crippen molar-refractivity contribution in [2.45, 2.75) is 6.61 Å². The van der Waals surface area contributed by atoms with Gasteiger partial charge in [-0.3, -0.25) is 4.40 Å². The van der Waals surface area contributed by atoms with Crippen molar-refractivity contribution in [3.8, 4) is 5.75 Å². The Hall–Kier alpha value is -1.47. The molecule has 0 amide bonds. The van der Waals surface area contributed by atoms with E-state index in [1.54, 1.807) is 6.20 Å². The van der Waals surface area contributed by atoms with Crippen LogP contribution in [0.25, 0.3) is 4.96 Å². The molecular formula is C12H7BrF2N2OS. The Kier molecular flexibility index (Phi) is 3.24. The van der Waals surface area contributed by atoms with Gasteiger partial charge in [0.15, 0.2) is 16.5 Å². The van der Waals surface area contributed by atoms with Crippen molar-refractivity contribution < 1.29 is 13.5 Å². The average molecular weight is 345 g/mol. The fraction of sp³-hybridized carbons (Fsp3) is 0.0833. The number of rotatable bonds is 3. The Bertz CT molecular complexity index is 712. The quantitative estimate of drug-likeness (QED) is 0.671. The molecule has 0 atom stereocenters. The van der Waals surface area contributed by atoms with Crippen molar-refractivity contribution in [3.05, 3.63) is 51.7 Å². The summed E-state index contributed by atoms with van der Waals surface area (Å²) in [6.45, 7) is 0.0845. The van der Waals surface area contributed by atoms with E-state index in [0.29, 0.717) is 10.2 Å². The maximum atomic E-state index is 13.5. The lowest BCUT2D eigenvalue weighted by molar-refractivity contribution is 0.281. The van der Waals surface area contributed by atoms with Crippen LogP contribution in [0, 0.1) is 11.6 Å². The maximum absolute atomic E-state index is 13.5. The molecule has 0 unspecified atom stereocenters. The van der Waals surface area contributed by atoms with Gasteiger partial charge in [0.2, 0.25) is 5.82 Å². The van der Waals surface area contributed by atoms with E-state index in [1.807, 2.05) is 16.0 Å². The van der Waals surface area contributed by atoms with Crippen LogP contribution in [0.15, 0.2) is 34.4 Å². The van der Waals surface area contributed by atoms with Crippen LogP contribution in [-0.4, -0.2) is 9.38 Å². The highest BCUT2D eigenvalue weighted by Crippen LogP contribution is 2.26. The van der Waals surface area contributed by atoms with Crippen LogP contribution in [0.4, 0.5) is 8.78 Å². The zero-order valence-electron chi connectivity index (χ0n) is 9.44. The molecule has 1 aromatic carbocycles. The molecule has 0 aliphatic carbocycles. The highest BCUT2D eigenvalue weighted by Gasteiger charge is 2.12. The lowest BCUT2D eigenvalue weighted by atomic mass is 10.3. The first-order chi connectivity index (χ1) is 9.13. The van der Waals surface area contributed by atoms with Gasteiger partial charge in [-0.05, 0) is 12.1 Å². The van der Waals surface area contributed by atoms with Crippen LogP contribution in [0.3, 0.4) is 0 Å². The summed E-state index contributed by atoms with van der Waals surface area (Å²) in [5, 5.41) is 1.91. The molecule has 3 nitrogen and oxygen atoms in total. The fourth-order valence-corrected chi connectivity index (χ4v) is 2.76. The molecule has 19 heavy (non-hydrogen) atoms. The zero-order chi connectivity index (χ0) is 13.4. The van der Waals surface area contributed by atoms with Gasteiger partial charge in [0, 0.05) is 22.2 Å². The molecule has 0 N–H and O–H groups in total. The molecule has 2 aromatic heterocycles. The summed E-state index contributed by atoms with van der Waals surface area (Å²) in [7, 11) is 0. The Morgan fingerprint density at radius 1 is 1.37 bits per heavy atom. The van der Waals surface area contributed by atoms with Crippen molar-refractivity contribution in [1.29, 1.82) is 0 Å². The van der Waals surface area contributed by atoms with Gasteiger partial charge >= 0.3 is 0 Å². The van der Waals surface area contributed by atoms with E-state index in [2.05, 4.69) is 20.9 Å².